The summed E-state index contributed by atoms with van der Waals surface area (Å²) in [4.78, 5) is 16.0. The predicted octanol–water partition coefficient (Wildman–Crippen LogP) is 0.734. The number of benzene rings is 1. The number of aromatic nitrogens is 3. The number of hydrogen-bond donors (Lipinski definition) is 2. The van der Waals surface area contributed by atoms with Crippen LogP contribution in [0.25, 0.3) is 5.69 Å². The van der Waals surface area contributed by atoms with E-state index in [1.54, 1.807) is 23.1 Å². The Labute approximate surface area is 117 Å². The second-order valence-corrected chi connectivity index (χ2v) is 5.10. The molecule has 104 valence electrons. The van der Waals surface area contributed by atoms with E-state index in [-0.39, 0.29) is 11.9 Å². The minimum atomic E-state index is -0.108. The molecule has 1 saturated carbocycles. The van der Waals surface area contributed by atoms with Gasteiger partial charge in [0.1, 0.15) is 12.7 Å². The summed E-state index contributed by atoms with van der Waals surface area (Å²) in [5.41, 5.74) is 7.38. The fourth-order valence-corrected chi connectivity index (χ4v) is 2.13. The van der Waals surface area contributed by atoms with E-state index in [0.717, 1.165) is 5.69 Å². The first-order valence-corrected chi connectivity index (χ1v) is 6.73. The lowest BCUT2D eigenvalue weighted by molar-refractivity contribution is 0.0950. The van der Waals surface area contributed by atoms with Gasteiger partial charge in [0, 0.05) is 18.2 Å². The van der Waals surface area contributed by atoms with Gasteiger partial charge in [0.05, 0.1) is 5.69 Å². The largest absolute Gasteiger partial charge is 0.350 e. The third-order valence-corrected chi connectivity index (χ3v) is 3.52. The van der Waals surface area contributed by atoms with Crippen LogP contribution in [-0.2, 0) is 0 Å². The van der Waals surface area contributed by atoms with Crippen molar-refractivity contribution in [2.75, 3.05) is 6.54 Å². The van der Waals surface area contributed by atoms with Gasteiger partial charge < -0.3 is 11.1 Å². The van der Waals surface area contributed by atoms with Crippen LogP contribution in [0, 0.1) is 5.92 Å². The molecule has 1 aliphatic carbocycles. The van der Waals surface area contributed by atoms with Crippen LogP contribution in [0.1, 0.15) is 23.2 Å². The van der Waals surface area contributed by atoms with Crippen LogP contribution in [-0.4, -0.2) is 33.3 Å². The molecule has 0 bridgehead atoms. The number of amides is 1. The zero-order valence-corrected chi connectivity index (χ0v) is 11.1. The van der Waals surface area contributed by atoms with E-state index in [2.05, 4.69) is 15.4 Å². The Bertz CT molecular complexity index is 591. The van der Waals surface area contributed by atoms with Gasteiger partial charge in [-0.25, -0.2) is 9.67 Å². The molecule has 3 N–H and O–H groups in total. The molecule has 1 fully saturated rings. The van der Waals surface area contributed by atoms with E-state index in [0.29, 0.717) is 18.0 Å². The molecular weight excluding hydrogens is 254 g/mol. The lowest BCUT2D eigenvalue weighted by Crippen LogP contribution is -2.38. The van der Waals surface area contributed by atoms with E-state index in [1.807, 2.05) is 12.1 Å². The number of nitrogens with zero attached hydrogens (tertiary/aromatic N) is 3. The maximum absolute atomic E-state index is 12.1. The molecule has 1 unspecified atom stereocenters. The highest BCUT2D eigenvalue weighted by Gasteiger charge is 2.28. The minimum absolute atomic E-state index is 0.0671. The van der Waals surface area contributed by atoms with E-state index < -0.39 is 0 Å². The van der Waals surface area contributed by atoms with E-state index in [1.165, 1.54) is 19.2 Å². The summed E-state index contributed by atoms with van der Waals surface area (Å²) in [5, 5.41) is 6.93. The normalized spacial score (nSPS) is 15.8. The van der Waals surface area contributed by atoms with Gasteiger partial charge in [0.2, 0.25) is 0 Å². The van der Waals surface area contributed by atoms with Crippen molar-refractivity contribution in [1.82, 2.24) is 20.1 Å². The molecule has 2 aromatic rings. The highest BCUT2D eigenvalue weighted by atomic mass is 16.1. The predicted molar refractivity (Wildman–Crippen MR) is 74.4 cm³/mol. The fourth-order valence-electron chi connectivity index (χ4n) is 2.13. The van der Waals surface area contributed by atoms with Crippen molar-refractivity contribution in [3.05, 3.63) is 42.5 Å². The van der Waals surface area contributed by atoms with Crippen molar-refractivity contribution in [3.8, 4) is 5.69 Å². The number of carbonyl (C=O) groups is 1. The molecular formula is C14H17N5O. The third kappa shape index (κ3) is 2.85. The quantitative estimate of drug-likeness (QED) is 0.839. The van der Waals surface area contributed by atoms with Crippen molar-refractivity contribution in [1.29, 1.82) is 0 Å². The van der Waals surface area contributed by atoms with E-state index >= 15 is 0 Å². The first-order chi connectivity index (χ1) is 9.74. The van der Waals surface area contributed by atoms with Gasteiger partial charge in [0.15, 0.2) is 0 Å². The maximum Gasteiger partial charge on any atom is 0.251 e. The van der Waals surface area contributed by atoms with Crippen molar-refractivity contribution < 1.29 is 4.79 Å². The molecule has 0 radical (unpaired) electrons. The highest BCUT2D eigenvalue weighted by molar-refractivity contribution is 5.94. The molecule has 1 aromatic carbocycles. The molecule has 0 saturated heterocycles. The summed E-state index contributed by atoms with van der Waals surface area (Å²) >= 11 is 0. The number of hydrogen-bond acceptors (Lipinski definition) is 4. The molecule has 0 spiro atoms. The van der Waals surface area contributed by atoms with Crippen LogP contribution in [0.3, 0.4) is 0 Å². The van der Waals surface area contributed by atoms with Crippen molar-refractivity contribution >= 4 is 5.91 Å². The topological polar surface area (TPSA) is 85.8 Å². The summed E-state index contributed by atoms with van der Waals surface area (Å²) in [6.07, 6.45) is 5.42. The number of nitrogens with one attached hydrogen (secondary N) is 1. The Hall–Kier alpha value is -2.21. The van der Waals surface area contributed by atoms with Crippen molar-refractivity contribution in [2.24, 2.45) is 11.7 Å². The van der Waals surface area contributed by atoms with E-state index in [4.69, 9.17) is 5.73 Å². The maximum atomic E-state index is 12.1. The Morgan fingerprint density at radius 2 is 2.35 bits per heavy atom. The molecule has 20 heavy (non-hydrogen) atoms. The standard InChI is InChI=1S/C14H17N5O/c15-13(10-4-5-10)7-17-14(20)11-2-1-3-12(6-11)19-9-16-8-18-19/h1-3,6,8-10,13H,4-5,7,15H2,(H,17,20). The average Bonchev–Trinajstić information content (AvgIpc) is 3.19. The molecule has 6 heteroatoms. The zero-order valence-electron chi connectivity index (χ0n) is 11.1. The van der Waals surface area contributed by atoms with Gasteiger partial charge in [-0.1, -0.05) is 6.07 Å². The molecule has 6 nitrogen and oxygen atoms in total. The van der Waals surface area contributed by atoms with Crippen molar-refractivity contribution in [3.63, 3.8) is 0 Å². The van der Waals surface area contributed by atoms with Crippen LogP contribution in [0.5, 0.6) is 0 Å². The fraction of sp³-hybridized carbons (Fsp3) is 0.357. The second-order valence-electron chi connectivity index (χ2n) is 5.10. The lowest BCUT2D eigenvalue weighted by Gasteiger charge is -2.12. The molecule has 1 amide bonds. The number of nitrogens with two attached hydrogens (primary N) is 1. The average molecular weight is 271 g/mol. The summed E-state index contributed by atoms with van der Waals surface area (Å²) in [6, 6.07) is 7.33. The summed E-state index contributed by atoms with van der Waals surface area (Å²) in [6.45, 7) is 0.525. The van der Waals surface area contributed by atoms with Gasteiger partial charge in [0.25, 0.3) is 5.91 Å². The Morgan fingerprint density at radius 3 is 3.05 bits per heavy atom. The van der Waals surface area contributed by atoms with Gasteiger partial charge in [-0.2, -0.15) is 5.10 Å². The second kappa shape index (κ2) is 5.42. The lowest BCUT2D eigenvalue weighted by atomic mass is 10.1. The number of carbonyl (C=O) groups excluding carboxylic acids is 1. The van der Waals surface area contributed by atoms with E-state index in [9.17, 15) is 4.79 Å². The van der Waals surface area contributed by atoms with Gasteiger partial charge in [-0.3, -0.25) is 4.79 Å². The Morgan fingerprint density at radius 1 is 1.50 bits per heavy atom. The summed E-state index contributed by atoms with van der Waals surface area (Å²) < 4.78 is 1.62. The summed E-state index contributed by atoms with van der Waals surface area (Å²) in [7, 11) is 0. The Kier molecular flexibility index (Phi) is 3.47. The molecule has 1 atom stereocenters. The number of rotatable bonds is 5. The summed E-state index contributed by atoms with van der Waals surface area (Å²) in [5.74, 6) is 0.472. The Balaban J connectivity index is 1.66. The van der Waals surface area contributed by atoms with Crippen molar-refractivity contribution in [2.45, 2.75) is 18.9 Å². The van der Waals surface area contributed by atoms with Crippen LogP contribution in [0.4, 0.5) is 0 Å². The highest BCUT2D eigenvalue weighted by Crippen LogP contribution is 2.31. The monoisotopic (exact) mass is 271 g/mol. The zero-order chi connectivity index (χ0) is 13.9. The third-order valence-electron chi connectivity index (χ3n) is 3.52. The smallest absolute Gasteiger partial charge is 0.251 e. The minimum Gasteiger partial charge on any atom is -0.350 e. The molecule has 0 aliphatic heterocycles. The first kappa shape index (κ1) is 12.8. The van der Waals surface area contributed by atoms with Gasteiger partial charge in [-0.05, 0) is 37.0 Å². The SMILES string of the molecule is NC(CNC(=O)c1cccc(-n2cncn2)c1)C1CC1. The van der Waals surface area contributed by atoms with Crippen LogP contribution < -0.4 is 11.1 Å². The first-order valence-electron chi connectivity index (χ1n) is 6.73. The molecule has 1 aromatic heterocycles. The molecule has 1 aliphatic rings. The van der Waals surface area contributed by atoms with Crippen LogP contribution in [0.2, 0.25) is 0 Å². The van der Waals surface area contributed by atoms with Gasteiger partial charge in [-0.15, -0.1) is 0 Å². The molecule has 3 rings (SSSR count). The van der Waals surface area contributed by atoms with Gasteiger partial charge >= 0.3 is 0 Å². The van der Waals surface area contributed by atoms with Crippen LogP contribution in [0.15, 0.2) is 36.9 Å². The van der Waals surface area contributed by atoms with Crippen LogP contribution >= 0.6 is 0 Å². The molecule has 1 heterocycles.